The van der Waals surface area contributed by atoms with Gasteiger partial charge in [-0.25, -0.2) is 15.0 Å². The van der Waals surface area contributed by atoms with Gasteiger partial charge in [0.25, 0.3) is 0 Å². The van der Waals surface area contributed by atoms with E-state index in [9.17, 15) is 0 Å². The van der Waals surface area contributed by atoms with Gasteiger partial charge in [-0.05, 0) is 0 Å². The number of fused-ring (bicyclic) bond motifs is 3. The number of hydrogen-bond donors (Lipinski definition) is 1. The van der Waals surface area contributed by atoms with Gasteiger partial charge in [0.05, 0.1) is 12.4 Å². The number of nitrogens with one attached hydrogen (secondary N) is 1. The number of aromatic amines is 1. The SMILES string of the molecule is c1ncc2c(n1)[nH]c1cncn12. The summed E-state index contributed by atoms with van der Waals surface area (Å²) in [6.07, 6.45) is 6.76. The fourth-order valence-corrected chi connectivity index (χ4v) is 1.30. The Morgan fingerprint density at radius 2 is 2.25 bits per heavy atom. The molecular formula is C7H5N5. The molecule has 3 aromatic heterocycles. The van der Waals surface area contributed by atoms with Crippen molar-refractivity contribution in [3.63, 3.8) is 0 Å². The summed E-state index contributed by atoms with van der Waals surface area (Å²) in [7, 11) is 0. The second kappa shape index (κ2) is 1.82. The lowest BCUT2D eigenvalue weighted by Crippen LogP contribution is -1.80. The van der Waals surface area contributed by atoms with E-state index in [1.54, 1.807) is 18.7 Å². The molecule has 0 saturated carbocycles. The van der Waals surface area contributed by atoms with Crippen LogP contribution in [0.2, 0.25) is 0 Å². The number of imidazole rings is 2. The average Bonchev–Trinajstić information content (AvgIpc) is 2.62. The highest BCUT2D eigenvalue weighted by Gasteiger charge is 2.02. The van der Waals surface area contributed by atoms with Crippen molar-refractivity contribution in [1.29, 1.82) is 0 Å². The molecule has 0 aliphatic rings. The Morgan fingerprint density at radius 1 is 1.25 bits per heavy atom. The van der Waals surface area contributed by atoms with Crippen LogP contribution in [-0.4, -0.2) is 24.3 Å². The predicted octanol–water partition coefficient (Wildman–Crippen LogP) is 0.606. The molecule has 0 spiro atoms. The van der Waals surface area contributed by atoms with Crippen LogP contribution in [0.4, 0.5) is 0 Å². The van der Waals surface area contributed by atoms with Crippen molar-refractivity contribution in [2.24, 2.45) is 0 Å². The molecule has 0 fully saturated rings. The predicted molar refractivity (Wildman–Crippen MR) is 42.6 cm³/mol. The van der Waals surface area contributed by atoms with Crippen LogP contribution < -0.4 is 0 Å². The van der Waals surface area contributed by atoms with Crippen LogP contribution in [0, 0.1) is 0 Å². The summed E-state index contributed by atoms with van der Waals surface area (Å²) in [5, 5.41) is 0. The maximum Gasteiger partial charge on any atom is 0.159 e. The van der Waals surface area contributed by atoms with Crippen molar-refractivity contribution < 1.29 is 0 Å². The van der Waals surface area contributed by atoms with Crippen LogP contribution in [0.5, 0.6) is 0 Å². The zero-order valence-electron chi connectivity index (χ0n) is 6.10. The van der Waals surface area contributed by atoms with Gasteiger partial charge >= 0.3 is 0 Å². The molecule has 0 unspecified atom stereocenters. The molecule has 0 radical (unpaired) electrons. The highest BCUT2D eigenvalue weighted by molar-refractivity contribution is 5.75. The number of nitrogens with zero attached hydrogens (tertiary/aromatic N) is 4. The molecule has 0 aliphatic carbocycles. The van der Waals surface area contributed by atoms with E-state index in [4.69, 9.17) is 0 Å². The zero-order valence-corrected chi connectivity index (χ0v) is 6.10. The summed E-state index contributed by atoms with van der Waals surface area (Å²) in [5.41, 5.74) is 2.72. The van der Waals surface area contributed by atoms with E-state index in [-0.39, 0.29) is 0 Å². The molecule has 1 N–H and O–H groups in total. The quantitative estimate of drug-likeness (QED) is 0.522. The van der Waals surface area contributed by atoms with Gasteiger partial charge in [0.2, 0.25) is 0 Å². The second-order valence-electron chi connectivity index (χ2n) is 2.53. The van der Waals surface area contributed by atoms with Crippen molar-refractivity contribution >= 4 is 16.8 Å². The van der Waals surface area contributed by atoms with E-state index in [1.807, 2.05) is 4.40 Å². The number of hydrogen-bond acceptors (Lipinski definition) is 3. The molecule has 0 amide bonds. The van der Waals surface area contributed by atoms with Crippen molar-refractivity contribution in [2.75, 3.05) is 0 Å². The Balaban J connectivity index is 2.68. The first-order valence-corrected chi connectivity index (χ1v) is 3.55. The fraction of sp³-hybridized carbons (Fsp3) is 0. The van der Waals surface area contributed by atoms with Crippen LogP contribution >= 0.6 is 0 Å². The summed E-state index contributed by atoms with van der Waals surface area (Å²) in [4.78, 5) is 15.1. The summed E-state index contributed by atoms with van der Waals surface area (Å²) >= 11 is 0. The van der Waals surface area contributed by atoms with Crippen molar-refractivity contribution in [3.05, 3.63) is 25.0 Å². The molecule has 0 saturated heterocycles. The Kier molecular flexibility index (Phi) is 0.864. The summed E-state index contributed by atoms with van der Waals surface area (Å²) < 4.78 is 1.91. The Labute approximate surface area is 67.1 Å². The van der Waals surface area contributed by atoms with E-state index < -0.39 is 0 Å². The minimum atomic E-state index is 0.836. The monoisotopic (exact) mass is 159 g/mol. The van der Waals surface area contributed by atoms with Crippen molar-refractivity contribution in [1.82, 2.24) is 24.3 Å². The number of aromatic nitrogens is 5. The molecule has 0 bridgehead atoms. The molecule has 3 aromatic rings. The van der Waals surface area contributed by atoms with Gasteiger partial charge in [-0.1, -0.05) is 0 Å². The maximum atomic E-state index is 4.08. The van der Waals surface area contributed by atoms with E-state index >= 15 is 0 Å². The topological polar surface area (TPSA) is 58.9 Å². The lowest BCUT2D eigenvalue weighted by molar-refractivity contribution is 1.17. The van der Waals surface area contributed by atoms with Crippen LogP contribution in [0.15, 0.2) is 25.0 Å². The first-order chi connectivity index (χ1) is 5.95. The second-order valence-corrected chi connectivity index (χ2v) is 2.53. The van der Waals surface area contributed by atoms with E-state index in [2.05, 4.69) is 19.9 Å². The third kappa shape index (κ3) is 0.554. The molecule has 0 aromatic carbocycles. The Morgan fingerprint density at radius 3 is 3.25 bits per heavy atom. The first kappa shape index (κ1) is 5.70. The maximum absolute atomic E-state index is 4.08. The molecule has 3 heterocycles. The van der Waals surface area contributed by atoms with E-state index in [1.165, 1.54) is 6.33 Å². The van der Waals surface area contributed by atoms with Crippen LogP contribution in [-0.2, 0) is 0 Å². The van der Waals surface area contributed by atoms with Gasteiger partial charge in [-0.2, -0.15) is 0 Å². The molecule has 0 aliphatic heterocycles. The standard InChI is InChI=1S/C7H5N5/c1-5-7(10-3-8-1)11-6-2-9-4-12(5)6/h1-4H,(H,8,10,11). The van der Waals surface area contributed by atoms with Crippen molar-refractivity contribution in [2.45, 2.75) is 0 Å². The van der Waals surface area contributed by atoms with Crippen LogP contribution in [0.25, 0.3) is 16.8 Å². The lowest BCUT2D eigenvalue weighted by Gasteiger charge is -1.85. The van der Waals surface area contributed by atoms with E-state index in [0.717, 1.165) is 16.8 Å². The largest absolute Gasteiger partial charge is 0.323 e. The molecule has 5 nitrogen and oxygen atoms in total. The summed E-state index contributed by atoms with van der Waals surface area (Å²) in [6, 6.07) is 0. The molecule has 58 valence electrons. The highest BCUT2D eigenvalue weighted by Crippen LogP contribution is 2.11. The average molecular weight is 159 g/mol. The smallest absolute Gasteiger partial charge is 0.159 e. The van der Waals surface area contributed by atoms with Crippen LogP contribution in [0.3, 0.4) is 0 Å². The van der Waals surface area contributed by atoms with Gasteiger partial charge < -0.3 is 4.98 Å². The first-order valence-electron chi connectivity index (χ1n) is 3.55. The summed E-state index contributed by atoms with van der Waals surface area (Å²) in [6.45, 7) is 0. The number of H-pyrrole nitrogens is 1. The van der Waals surface area contributed by atoms with Gasteiger partial charge in [0.15, 0.2) is 5.65 Å². The number of rotatable bonds is 0. The summed E-state index contributed by atoms with van der Waals surface area (Å²) in [5.74, 6) is 0. The van der Waals surface area contributed by atoms with Crippen LogP contribution in [0.1, 0.15) is 0 Å². The fourth-order valence-electron chi connectivity index (χ4n) is 1.30. The van der Waals surface area contributed by atoms with Gasteiger partial charge in [0, 0.05) is 0 Å². The Hall–Kier alpha value is -1.91. The molecule has 12 heavy (non-hydrogen) atoms. The molecular weight excluding hydrogens is 154 g/mol. The molecule has 3 rings (SSSR count). The normalized spacial score (nSPS) is 11.3. The van der Waals surface area contributed by atoms with Crippen molar-refractivity contribution in [3.8, 4) is 0 Å². The van der Waals surface area contributed by atoms with Gasteiger partial charge in [0.1, 0.15) is 23.8 Å². The minimum Gasteiger partial charge on any atom is -0.323 e. The lowest BCUT2D eigenvalue weighted by atomic mass is 10.6. The third-order valence-electron chi connectivity index (χ3n) is 1.84. The highest BCUT2D eigenvalue weighted by atomic mass is 15.1. The minimum absolute atomic E-state index is 0.836. The van der Waals surface area contributed by atoms with Gasteiger partial charge in [-0.3, -0.25) is 4.40 Å². The molecule has 5 heteroatoms. The van der Waals surface area contributed by atoms with Gasteiger partial charge in [-0.15, -0.1) is 0 Å². The Bertz CT molecular complexity index is 534. The van der Waals surface area contributed by atoms with E-state index in [0.29, 0.717) is 0 Å². The molecule has 0 atom stereocenters. The zero-order chi connectivity index (χ0) is 7.97. The third-order valence-corrected chi connectivity index (χ3v) is 1.84.